The molecule has 2 N–H and O–H groups in total. The molecule has 0 fully saturated rings. The Balaban J connectivity index is 3.28. The van der Waals surface area contributed by atoms with E-state index < -0.39 is 5.82 Å². The molecule has 5 heteroatoms. The van der Waals surface area contributed by atoms with Gasteiger partial charge < -0.3 is 5.73 Å². The summed E-state index contributed by atoms with van der Waals surface area (Å²) in [5.41, 5.74) is 5.37. The minimum absolute atomic E-state index is 0.158. The number of aromatic nitrogens is 1. The number of nitrogens with two attached hydrogens (primary N) is 1. The van der Waals surface area contributed by atoms with E-state index in [1.165, 1.54) is 6.07 Å². The van der Waals surface area contributed by atoms with E-state index in [-0.39, 0.29) is 4.60 Å². The van der Waals surface area contributed by atoms with E-state index in [0.717, 1.165) is 0 Å². The van der Waals surface area contributed by atoms with Crippen LogP contribution in [0.15, 0.2) is 10.7 Å². The second-order valence-corrected chi connectivity index (χ2v) is 3.54. The Bertz CT molecular complexity index is 216. The molecule has 1 heterocycles. The molecule has 0 aliphatic rings. The Kier molecular flexibility index (Phi) is 2.45. The maximum atomic E-state index is 12.6. The van der Waals surface area contributed by atoms with Gasteiger partial charge in [-0.3, -0.25) is 0 Å². The second kappa shape index (κ2) is 3.00. The van der Waals surface area contributed by atoms with Crippen molar-refractivity contribution < 1.29 is 4.39 Å². The molecule has 0 atom stereocenters. The molecule has 0 unspecified atom stereocenters. The van der Waals surface area contributed by atoms with Crippen molar-refractivity contribution in [3.8, 4) is 0 Å². The first-order valence-corrected chi connectivity index (χ1v) is 4.25. The van der Waals surface area contributed by atoms with Gasteiger partial charge >= 0.3 is 0 Å². The minimum atomic E-state index is -0.390. The van der Waals surface area contributed by atoms with Crippen LogP contribution in [-0.4, -0.2) is 4.98 Å². The number of halogens is 3. The molecular weight excluding hydrogens is 314 g/mol. The average Bonchev–Trinajstić information content (AvgIpc) is 1.84. The Morgan fingerprint density at radius 2 is 2.30 bits per heavy atom. The Morgan fingerprint density at radius 1 is 1.70 bits per heavy atom. The number of pyridine rings is 1. The summed E-state index contributed by atoms with van der Waals surface area (Å²) in [6.07, 6.45) is 0. The maximum Gasteiger partial charge on any atom is 0.157 e. The summed E-state index contributed by atoms with van der Waals surface area (Å²) >= 11 is 4.83. The van der Waals surface area contributed by atoms with Gasteiger partial charge in [-0.15, -0.1) is 0 Å². The molecule has 2 nitrogen and oxygen atoms in total. The first-order chi connectivity index (χ1) is 4.61. The Morgan fingerprint density at radius 3 is 2.80 bits per heavy atom. The van der Waals surface area contributed by atoms with E-state index in [0.29, 0.717) is 9.39 Å². The summed E-state index contributed by atoms with van der Waals surface area (Å²) in [5, 5.41) is 0. The second-order valence-electron chi connectivity index (χ2n) is 1.63. The van der Waals surface area contributed by atoms with E-state index in [2.05, 4.69) is 20.9 Å². The van der Waals surface area contributed by atoms with Crippen LogP contribution in [0.1, 0.15) is 0 Å². The number of anilines is 1. The van der Waals surface area contributed by atoms with Gasteiger partial charge in [-0.1, -0.05) is 0 Å². The summed E-state index contributed by atoms with van der Waals surface area (Å²) < 4.78 is 13.4. The zero-order valence-corrected chi connectivity index (χ0v) is 8.48. The largest absolute Gasteiger partial charge is 0.383 e. The lowest BCUT2D eigenvalue weighted by Crippen LogP contribution is -1.95. The molecule has 0 saturated carbocycles. The fourth-order valence-corrected chi connectivity index (χ4v) is 1.16. The van der Waals surface area contributed by atoms with Crippen LogP contribution in [0.5, 0.6) is 0 Å². The van der Waals surface area contributed by atoms with E-state index >= 15 is 0 Å². The summed E-state index contributed by atoms with van der Waals surface area (Å²) in [6.45, 7) is 0. The van der Waals surface area contributed by atoms with Crippen LogP contribution in [-0.2, 0) is 0 Å². The van der Waals surface area contributed by atoms with Gasteiger partial charge in [0, 0.05) is 0 Å². The van der Waals surface area contributed by atoms with Gasteiger partial charge in [-0.05, 0) is 44.6 Å². The monoisotopic (exact) mass is 316 g/mol. The highest BCUT2D eigenvalue weighted by Crippen LogP contribution is 2.19. The van der Waals surface area contributed by atoms with Crippen LogP contribution in [0.2, 0.25) is 0 Å². The fourth-order valence-electron chi connectivity index (χ4n) is 0.457. The molecule has 0 aliphatic heterocycles. The number of hydrogen-bond donors (Lipinski definition) is 1. The number of nitrogen functional groups attached to an aromatic ring is 1. The number of nitrogens with zero attached hydrogens (tertiary/aromatic N) is 1. The van der Waals surface area contributed by atoms with Crippen LogP contribution in [0.25, 0.3) is 0 Å². The zero-order valence-electron chi connectivity index (χ0n) is 4.74. The molecule has 10 heavy (non-hydrogen) atoms. The molecule has 1 aromatic rings. The Hall–Kier alpha value is 0.0900. The lowest BCUT2D eigenvalue weighted by molar-refractivity contribution is 0.612. The molecule has 1 aromatic heterocycles. The van der Waals surface area contributed by atoms with Gasteiger partial charge in [0.25, 0.3) is 0 Å². The highest BCUT2D eigenvalue weighted by Gasteiger charge is 2.03. The maximum absolute atomic E-state index is 12.6. The van der Waals surface area contributed by atoms with E-state index in [1.807, 2.05) is 22.6 Å². The first-order valence-electron chi connectivity index (χ1n) is 2.38. The molecule has 0 aromatic carbocycles. The van der Waals surface area contributed by atoms with Crippen molar-refractivity contribution in [2.75, 3.05) is 5.73 Å². The van der Waals surface area contributed by atoms with Gasteiger partial charge in [0.1, 0.15) is 10.4 Å². The summed E-state index contributed by atoms with van der Waals surface area (Å²) in [7, 11) is 0. The predicted molar refractivity (Wildman–Crippen MR) is 49.0 cm³/mol. The van der Waals surface area contributed by atoms with Crippen LogP contribution >= 0.6 is 38.5 Å². The third kappa shape index (κ3) is 1.57. The molecular formula is C5H3BrFIN2. The minimum Gasteiger partial charge on any atom is -0.383 e. The smallest absolute Gasteiger partial charge is 0.157 e. The van der Waals surface area contributed by atoms with E-state index in [4.69, 9.17) is 5.73 Å². The van der Waals surface area contributed by atoms with Crippen molar-refractivity contribution in [3.63, 3.8) is 0 Å². The first kappa shape index (κ1) is 8.19. The fraction of sp³-hybridized carbons (Fsp3) is 0. The van der Waals surface area contributed by atoms with Crippen molar-refractivity contribution >= 4 is 44.3 Å². The van der Waals surface area contributed by atoms with Crippen molar-refractivity contribution in [2.24, 2.45) is 0 Å². The van der Waals surface area contributed by atoms with Gasteiger partial charge in [-0.2, -0.15) is 0 Å². The predicted octanol–water partition coefficient (Wildman–Crippen LogP) is 2.17. The summed E-state index contributed by atoms with van der Waals surface area (Å²) in [6, 6.07) is 1.33. The van der Waals surface area contributed by atoms with Crippen LogP contribution in [0.3, 0.4) is 0 Å². The summed E-state index contributed by atoms with van der Waals surface area (Å²) in [5.74, 6) is -0.0486. The van der Waals surface area contributed by atoms with Gasteiger partial charge in [0.15, 0.2) is 5.82 Å². The molecule has 1 rings (SSSR count). The standard InChI is InChI=1S/C5H3BrFIN2/c6-4-2(7)1-3(8)5(9)10-4/h1H,(H2,9,10). The van der Waals surface area contributed by atoms with Crippen LogP contribution in [0, 0.1) is 9.39 Å². The summed E-state index contributed by atoms with van der Waals surface area (Å²) in [4.78, 5) is 3.68. The molecule has 0 amide bonds. The Labute approximate surface area is 79.3 Å². The molecule has 0 saturated heterocycles. The van der Waals surface area contributed by atoms with Gasteiger partial charge in [-0.25, -0.2) is 9.37 Å². The average molecular weight is 317 g/mol. The quantitative estimate of drug-likeness (QED) is 0.588. The molecule has 54 valence electrons. The topological polar surface area (TPSA) is 38.9 Å². The third-order valence-electron chi connectivity index (χ3n) is 0.914. The van der Waals surface area contributed by atoms with E-state index in [9.17, 15) is 4.39 Å². The number of hydrogen-bond acceptors (Lipinski definition) is 2. The van der Waals surface area contributed by atoms with E-state index in [1.54, 1.807) is 0 Å². The van der Waals surface area contributed by atoms with Crippen molar-refractivity contribution in [1.82, 2.24) is 4.98 Å². The molecule has 0 radical (unpaired) electrons. The van der Waals surface area contributed by atoms with Crippen molar-refractivity contribution in [2.45, 2.75) is 0 Å². The third-order valence-corrected chi connectivity index (χ3v) is 2.33. The molecule has 0 bridgehead atoms. The SMILES string of the molecule is Nc1nc(Br)c(F)cc1I. The lowest BCUT2D eigenvalue weighted by Gasteiger charge is -1.97. The van der Waals surface area contributed by atoms with Gasteiger partial charge in [0.2, 0.25) is 0 Å². The highest BCUT2D eigenvalue weighted by molar-refractivity contribution is 14.1. The van der Waals surface area contributed by atoms with Crippen molar-refractivity contribution in [1.29, 1.82) is 0 Å². The highest BCUT2D eigenvalue weighted by atomic mass is 127. The van der Waals surface area contributed by atoms with Crippen LogP contribution in [0.4, 0.5) is 10.2 Å². The zero-order chi connectivity index (χ0) is 7.72. The lowest BCUT2D eigenvalue weighted by atomic mass is 10.4. The van der Waals surface area contributed by atoms with Gasteiger partial charge in [0.05, 0.1) is 3.57 Å². The molecule has 0 spiro atoms. The number of rotatable bonds is 0. The normalized spacial score (nSPS) is 9.90. The molecule has 0 aliphatic carbocycles. The van der Waals surface area contributed by atoms with Crippen molar-refractivity contribution in [3.05, 3.63) is 20.1 Å². The van der Waals surface area contributed by atoms with Crippen LogP contribution < -0.4 is 5.73 Å².